The second kappa shape index (κ2) is 8.87. The molecule has 0 fully saturated rings. The molecule has 0 spiro atoms. The minimum atomic E-state index is -1.06. The summed E-state index contributed by atoms with van der Waals surface area (Å²) >= 11 is 0. The van der Waals surface area contributed by atoms with Crippen LogP contribution in [0.3, 0.4) is 0 Å². The number of rotatable bonds is 9. The van der Waals surface area contributed by atoms with Crippen LogP contribution in [0.1, 0.15) is 33.1 Å². The highest BCUT2D eigenvalue weighted by molar-refractivity contribution is 5.85. The van der Waals surface area contributed by atoms with E-state index >= 15 is 0 Å². The maximum Gasteiger partial charge on any atom is 0.305 e. The summed E-state index contributed by atoms with van der Waals surface area (Å²) in [5.74, 6) is -0.974. The molecule has 112 valence electrons. The van der Waals surface area contributed by atoms with Crippen molar-refractivity contribution in [1.82, 2.24) is 10.2 Å². The fourth-order valence-corrected chi connectivity index (χ4v) is 2.22. The summed E-state index contributed by atoms with van der Waals surface area (Å²) in [7, 11) is 3.96. The van der Waals surface area contributed by atoms with E-state index in [0.29, 0.717) is 12.5 Å². The summed E-state index contributed by atoms with van der Waals surface area (Å²) < 4.78 is 0. The zero-order chi connectivity index (χ0) is 15.0. The second-order valence-corrected chi connectivity index (χ2v) is 5.06. The van der Waals surface area contributed by atoms with Crippen LogP contribution in [0.5, 0.6) is 0 Å². The minimum Gasteiger partial charge on any atom is -0.481 e. The predicted octanol–water partition coefficient (Wildman–Crippen LogP) is 0.271. The van der Waals surface area contributed by atoms with Gasteiger partial charge in [0.1, 0.15) is 0 Å². The van der Waals surface area contributed by atoms with Crippen LogP contribution in [0.25, 0.3) is 0 Å². The molecule has 0 aromatic rings. The number of carbonyl (C=O) groups is 2. The molecular formula is C13H27N3O3. The van der Waals surface area contributed by atoms with Crippen molar-refractivity contribution in [2.75, 3.05) is 20.6 Å². The Kier molecular flexibility index (Phi) is 8.34. The van der Waals surface area contributed by atoms with Gasteiger partial charge in [-0.3, -0.25) is 9.59 Å². The SMILES string of the molecule is CCC(CC)C(CNC(=O)C(N)CC(=O)O)N(C)C. The van der Waals surface area contributed by atoms with Crippen molar-refractivity contribution < 1.29 is 14.7 Å². The lowest BCUT2D eigenvalue weighted by molar-refractivity contribution is -0.139. The lowest BCUT2D eigenvalue weighted by Crippen LogP contribution is -2.49. The third kappa shape index (κ3) is 6.54. The van der Waals surface area contributed by atoms with E-state index in [0.717, 1.165) is 12.8 Å². The second-order valence-electron chi connectivity index (χ2n) is 5.06. The number of carboxylic acid groups (broad SMARTS) is 1. The molecule has 0 radical (unpaired) electrons. The van der Waals surface area contributed by atoms with Crippen LogP contribution in [0.2, 0.25) is 0 Å². The van der Waals surface area contributed by atoms with Gasteiger partial charge in [-0.2, -0.15) is 0 Å². The van der Waals surface area contributed by atoms with Gasteiger partial charge in [0.15, 0.2) is 0 Å². The van der Waals surface area contributed by atoms with E-state index in [4.69, 9.17) is 10.8 Å². The third-order valence-corrected chi connectivity index (χ3v) is 3.47. The Morgan fingerprint density at radius 2 is 1.79 bits per heavy atom. The van der Waals surface area contributed by atoms with E-state index in [1.165, 1.54) is 0 Å². The van der Waals surface area contributed by atoms with Crippen LogP contribution in [0, 0.1) is 5.92 Å². The molecule has 0 aliphatic heterocycles. The number of nitrogens with zero attached hydrogens (tertiary/aromatic N) is 1. The summed E-state index contributed by atoms with van der Waals surface area (Å²) in [6, 6.07) is -0.752. The van der Waals surface area contributed by atoms with Crippen LogP contribution in [-0.2, 0) is 9.59 Å². The van der Waals surface area contributed by atoms with E-state index < -0.39 is 17.9 Å². The number of carbonyl (C=O) groups excluding carboxylic acids is 1. The average molecular weight is 273 g/mol. The molecule has 6 heteroatoms. The quantitative estimate of drug-likeness (QED) is 0.560. The maximum absolute atomic E-state index is 11.7. The van der Waals surface area contributed by atoms with Crippen molar-refractivity contribution in [3.8, 4) is 0 Å². The molecule has 4 N–H and O–H groups in total. The van der Waals surface area contributed by atoms with Gasteiger partial charge in [0.2, 0.25) is 5.91 Å². The Balaban J connectivity index is 4.39. The molecule has 0 aromatic carbocycles. The molecule has 0 aliphatic rings. The summed E-state index contributed by atoms with van der Waals surface area (Å²) in [6.45, 7) is 4.75. The van der Waals surface area contributed by atoms with Crippen molar-refractivity contribution in [3.05, 3.63) is 0 Å². The third-order valence-electron chi connectivity index (χ3n) is 3.47. The van der Waals surface area contributed by atoms with Crippen molar-refractivity contribution >= 4 is 11.9 Å². The summed E-state index contributed by atoms with van der Waals surface area (Å²) in [5, 5.41) is 11.3. The summed E-state index contributed by atoms with van der Waals surface area (Å²) in [5.41, 5.74) is 5.52. The van der Waals surface area contributed by atoms with E-state index in [2.05, 4.69) is 24.1 Å². The van der Waals surface area contributed by atoms with Gasteiger partial charge in [-0.05, 0) is 20.0 Å². The van der Waals surface area contributed by atoms with Crippen LogP contribution in [0.15, 0.2) is 0 Å². The number of nitrogens with two attached hydrogens (primary N) is 1. The highest BCUT2D eigenvalue weighted by Crippen LogP contribution is 2.16. The zero-order valence-electron chi connectivity index (χ0n) is 12.3. The Labute approximate surface area is 115 Å². The van der Waals surface area contributed by atoms with Gasteiger partial charge in [0.05, 0.1) is 12.5 Å². The fourth-order valence-electron chi connectivity index (χ4n) is 2.22. The Morgan fingerprint density at radius 1 is 1.26 bits per heavy atom. The van der Waals surface area contributed by atoms with Gasteiger partial charge >= 0.3 is 5.97 Å². The molecule has 0 heterocycles. The summed E-state index contributed by atoms with van der Waals surface area (Å²) in [4.78, 5) is 24.3. The molecule has 0 saturated carbocycles. The molecule has 0 bridgehead atoms. The number of aliphatic carboxylic acids is 1. The number of likely N-dealkylation sites (N-methyl/N-ethyl adjacent to an activating group) is 1. The molecule has 0 aliphatic carbocycles. The van der Waals surface area contributed by atoms with Gasteiger partial charge in [-0.1, -0.05) is 26.7 Å². The number of nitrogens with one attached hydrogen (secondary N) is 1. The number of amides is 1. The van der Waals surface area contributed by atoms with Crippen LogP contribution in [-0.4, -0.2) is 54.6 Å². The molecule has 19 heavy (non-hydrogen) atoms. The molecule has 2 atom stereocenters. The van der Waals surface area contributed by atoms with Crippen LogP contribution in [0.4, 0.5) is 0 Å². The minimum absolute atomic E-state index is 0.232. The van der Waals surface area contributed by atoms with E-state index in [1.54, 1.807) is 0 Å². The summed E-state index contributed by atoms with van der Waals surface area (Å²) in [6.07, 6.45) is 1.73. The number of hydrogen-bond acceptors (Lipinski definition) is 4. The van der Waals surface area contributed by atoms with Crippen molar-refractivity contribution in [1.29, 1.82) is 0 Å². The smallest absolute Gasteiger partial charge is 0.305 e. The highest BCUT2D eigenvalue weighted by atomic mass is 16.4. The first-order valence-corrected chi connectivity index (χ1v) is 6.74. The van der Waals surface area contributed by atoms with Gasteiger partial charge < -0.3 is 21.1 Å². The highest BCUT2D eigenvalue weighted by Gasteiger charge is 2.23. The standard InChI is InChI=1S/C13H27N3O3/c1-5-9(6-2)11(16(3)4)8-15-13(19)10(14)7-12(17)18/h9-11H,5-8,14H2,1-4H3,(H,15,19)(H,17,18). The fraction of sp³-hybridized carbons (Fsp3) is 0.846. The van der Waals surface area contributed by atoms with Gasteiger partial charge in [0.25, 0.3) is 0 Å². The molecular weight excluding hydrogens is 246 g/mol. The average Bonchev–Trinajstić information content (AvgIpc) is 2.32. The van der Waals surface area contributed by atoms with Gasteiger partial charge in [-0.15, -0.1) is 0 Å². The zero-order valence-corrected chi connectivity index (χ0v) is 12.3. The number of hydrogen-bond donors (Lipinski definition) is 3. The molecule has 0 saturated heterocycles. The molecule has 6 nitrogen and oxygen atoms in total. The van der Waals surface area contributed by atoms with Crippen LogP contribution < -0.4 is 11.1 Å². The molecule has 0 aromatic heterocycles. The number of carboxylic acids is 1. The van der Waals surface area contributed by atoms with E-state index in [9.17, 15) is 9.59 Å². The lowest BCUT2D eigenvalue weighted by Gasteiger charge is -2.31. The molecule has 1 amide bonds. The maximum atomic E-state index is 11.7. The lowest BCUT2D eigenvalue weighted by atomic mass is 9.93. The van der Waals surface area contributed by atoms with Gasteiger partial charge in [-0.25, -0.2) is 0 Å². The topological polar surface area (TPSA) is 95.7 Å². The largest absolute Gasteiger partial charge is 0.481 e. The van der Waals surface area contributed by atoms with Gasteiger partial charge in [0, 0.05) is 12.6 Å². The monoisotopic (exact) mass is 273 g/mol. The van der Waals surface area contributed by atoms with Crippen molar-refractivity contribution in [3.63, 3.8) is 0 Å². The Morgan fingerprint density at radius 3 is 2.16 bits per heavy atom. The first-order chi connectivity index (χ1) is 8.83. The first-order valence-electron chi connectivity index (χ1n) is 6.74. The molecule has 0 rings (SSSR count). The first kappa shape index (κ1) is 17.9. The Bertz CT molecular complexity index is 291. The van der Waals surface area contributed by atoms with E-state index in [1.807, 2.05) is 14.1 Å². The van der Waals surface area contributed by atoms with Crippen molar-refractivity contribution in [2.45, 2.75) is 45.2 Å². The normalized spacial score (nSPS) is 14.5. The predicted molar refractivity (Wildman–Crippen MR) is 74.8 cm³/mol. The van der Waals surface area contributed by atoms with Crippen LogP contribution >= 0.6 is 0 Å². The Hall–Kier alpha value is -1.14. The van der Waals surface area contributed by atoms with Crippen molar-refractivity contribution in [2.24, 2.45) is 11.7 Å². The van der Waals surface area contributed by atoms with E-state index in [-0.39, 0.29) is 12.5 Å². The molecule has 2 unspecified atom stereocenters.